The highest BCUT2D eigenvalue weighted by Crippen LogP contribution is 2.31. The summed E-state index contributed by atoms with van der Waals surface area (Å²) in [7, 11) is 1.53. The Hall–Kier alpha value is -3.15. The monoisotopic (exact) mass is 366 g/mol. The van der Waals surface area contributed by atoms with Gasteiger partial charge in [-0.15, -0.1) is 0 Å². The fourth-order valence-electron chi connectivity index (χ4n) is 3.51. The first-order valence-electron chi connectivity index (χ1n) is 8.82. The minimum Gasteiger partial charge on any atom is -0.496 e. The van der Waals surface area contributed by atoms with Crippen LogP contribution in [0.5, 0.6) is 5.75 Å². The van der Waals surface area contributed by atoms with Crippen molar-refractivity contribution in [1.82, 2.24) is 0 Å². The van der Waals surface area contributed by atoms with Crippen LogP contribution in [-0.2, 0) is 17.6 Å². The number of carbonyl (C=O) groups excluding carboxylic acids is 3. The van der Waals surface area contributed by atoms with E-state index in [4.69, 9.17) is 10.5 Å². The van der Waals surface area contributed by atoms with Crippen molar-refractivity contribution in [3.05, 3.63) is 58.7 Å². The number of methoxy groups -OCH3 is 1. The molecule has 0 spiro atoms. The van der Waals surface area contributed by atoms with Crippen LogP contribution in [0.3, 0.4) is 0 Å². The van der Waals surface area contributed by atoms with E-state index in [2.05, 4.69) is 0 Å². The number of benzene rings is 2. The van der Waals surface area contributed by atoms with Crippen molar-refractivity contribution in [2.24, 2.45) is 5.73 Å². The van der Waals surface area contributed by atoms with E-state index in [1.165, 1.54) is 14.0 Å². The number of nitrogens with two attached hydrogens (primary N) is 1. The van der Waals surface area contributed by atoms with Gasteiger partial charge in [0, 0.05) is 28.9 Å². The third-order valence-electron chi connectivity index (χ3n) is 4.85. The molecule has 0 unspecified atom stereocenters. The van der Waals surface area contributed by atoms with Gasteiger partial charge in [0.15, 0.2) is 5.78 Å². The smallest absolute Gasteiger partial charge is 0.249 e. The Morgan fingerprint density at radius 3 is 2.63 bits per heavy atom. The van der Waals surface area contributed by atoms with E-state index >= 15 is 0 Å². The molecule has 0 bridgehead atoms. The lowest BCUT2D eigenvalue weighted by Gasteiger charge is -2.30. The second-order valence-corrected chi connectivity index (χ2v) is 6.58. The number of primary amides is 1. The van der Waals surface area contributed by atoms with Gasteiger partial charge < -0.3 is 15.4 Å². The van der Waals surface area contributed by atoms with Crippen LogP contribution < -0.4 is 15.4 Å². The topological polar surface area (TPSA) is 89.7 Å². The molecule has 0 aliphatic carbocycles. The van der Waals surface area contributed by atoms with Crippen LogP contribution in [0.15, 0.2) is 36.4 Å². The summed E-state index contributed by atoms with van der Waals surface area (Å²) in [6.45, 7) is 2.06. The van der Waals surface area contributed by atoms with Gasteiger partial charge in [-0.05, 0) is 55.7 Å². The highest BCUT2D eigenvalue weighted by atomic mass is 16.5. The fraction of sp³-hybridized carbons (Fsp3) is 0.286. The van der Waals surface area contributed by atoms with E-state index < -0.39 is 5.91 Å². The van der Waals surface area contributed by atoms with E-state index in [1.807, 2.05) is 6.07 Å². The molecule has 6 heteroatoms. The minimum atomic E-state index is -0.489. The largest absolute Gasteiger partial charge is 0.496 e. The highest BCUT2D eigenvalue weighted by Gasteiger charge is 2.26. The zero-order chi connectivity index (χ0) is 19.6. The summed E-state index contributed by atoms with van der Waals surface area (Å²) in [5.74, 6) is -0.106. The molecule has 2 aromatic carbocycles. The molecule has 2 amide bonds. The predicted molar refractivity (Wildman–Crippen MR) is 102 cm³/mol. The normalized spacial score (nSPS) is 13.0. The lowest BCUT2D eigenvalue weighted by molar-refractivity contribution is -0.118. The maximum Gasteiger partial charge on any atom is 0.249 e. The SMILES string of the molecule is COc1ccc(C(C)=O)cc1CC(=O)N1CCCc2c(C(N)=O)cccc21. The number of hydrogen-bond donors (Lipinski definition) is 1. The molecular formula is C21H22N2O4. The molecule has 1 aliphatic rings. The molecule has 2 N–H and O–H groups in total. The second-order valence-electron chi connectivity index (χ2n) is 6.58. The van der Waals surface area contributed by atoms with E-state index in [9.17, 15) is 14.4 Å². The van der Waals surface area contributed by atoms with Crippen molar-refractivity contribution in [3.8, 4) is 5.75 Å². The van der Waals surface area contributed by atoms with Crippen molar-refractivity contribution in [2.75, 3.05) is 18.6 Å². The molecule has 0 fully saturated rings. The molecular weight excluding hydrogens is 344 g/mol. The summed E-state index contributed by atoms with van der Waals surface area (Å²) >= 11 is 0. The number of ketones is 1. The molecule has 0 saturated heterocycles. The molecule has 6 nitrogen and oxygen atoms in total. The first kappa shape index (κ1) is 18.6. The Labute approximate surface area is 157 Å². The lowest BCUT2D eigenvalue weighted by Crippen LogP contribution is -2.37. The Morgan fingerprint density at radius 2 is 1.96 bits per heavy atom. The molecule has 0 atom stereocenters. The number of anilines is 1. The molecule has 27 heavy (non-hydrogen) atoms. The van der Waals surface area contributed by atoms with Crippen LogP contribution in [0.1, 0.15) is 45.2 Å². The number of Topliss-reactive ketones (excluding diaryl/α,β-unsaturated/α-hetero) is 1. The van der Waals surface area contributed by atoms with Gasteiger partial charge in [0.05, 0.1) is 13.5 Å². The Morgan fingerprint density at radius 1 is 1.19 bits per heavy atom. The van der Waals surface area contributed by atoms with E-state index in [0.29, 0.717) is 35.4 Å². The predicted octanol–water partition coefficient (Wildman–Crippen LogP) is 2.52. The number of nitrogens with zero attached hydrogens (tertiary/aromatic N) is 1. The quantitative estimate of drug-likeness (QED) is 0.824. The summed E-state index contributed by atoms with van der Waals surface area (Å²) in [6, 6.07) is 10.3. The second kappa shape index (κ2) is 7.61. The summed E-state index contributed by atoms with van der Waals surface area (Å²) in [5.41, 5.74) is 8.67. The number of amides is 2. The maximum absolute atomic E-state index is 13.0. The third kappa shape index (κ3) is 3.69. The highest BCUT2D eigenvalue weighted by molar-refractivity contribution is 6.01. The van der Waals surface area contributed by atoms with Crippen molar-refractivity contribution < 1.29 is 19.1 Å². The fourth-order valence-corrected chi connectivity index (χ4v) is 3.51. The van der Waals surface area contributed by atoms with Gasteiger partial charge in [0.25, 0.3) is 0 Å². The van der Waals surface area contributed by atoms with Crippen molar-refractivity contribution in [1.29, 1.82) is 0 Å². The van der Waals surface area contributed by atoms with E-state index in [1.54, 1.807) is 35.2 Å². The Balaban J connectivity index is 1.93. The minimum absolute atomic E-state index is 0.0687. The molecule has 2 aromatic rings. The molecule has 140 valence electrons. The number of ether oxygens (including phenoxy) is 1. The van der Waals surface area contributed by atoms with Crippen molar-refractivity contribution >= 4 is 23.3 Å². The zero-order valence-electron chi connectivity index (χ0n) is 15.5. The summed E-state index contributed by atoms with van der Waals surface area (Å²) in [5, 5.41) is 0. The van der Waals surface area contributed by atoms with E-state index in [0.717, 1.165) is 17.7 Å². The third-order valence-corrected chi connectivity index (χ3v) is 4.85. The molecule has 1 heterocycles. The van der Waals surface area contributed by atoms with Gasteiger partial charge in [-0.1, -0.05) is 6.07 Å². The van der Waals surface area contributed by atoms with Crippen LogP contribution in [-0.4, -0.2) is 31.3 Å². The van der Waals surface area contributed by atoms with Gasteiger partial charge in [0.2, 0.25) is 11.8 Å². The molecule has 0 radical (unpaired) electrons. The first-order chi connectivity index (χ1) is 12.9. The maximum atomic E-state index is 13.0. The van der Waals surface area contributed by atoms with Crippen LogP contribution >= 0.6 is 0 Å². The van der Waals surface area contributed by atoms with Crippen LogP contribution in [0.25, 0.3) is 0 Å². The molecule has 0 saturated carbocycles. The van der Waals surface area contributed by atoms with Gasteiger partial charge in [-0.25, -0.2) is 0 Å². The van der Waals surface area contributed by atoms with Crippen LogP contribution in [0.2, 0.25) is 0 Å². The average Bonchev–Trinajstić information content (AvgIpc) is 2.66. The number of hydrogen-bond acceptors (Lipinski definition) is 4. The molecule has 3 rings (SSSR count). The number of fused-ring (bicyclic) bond motifs is 1. The Bertz CT molecular complexity index is 920. The summed E-state index contributed by atoms with van der Waals surface area (Å²) < 4.78 is 5.35. The van der Waals surface area contributed by atoms with Crippen LogP contribution in [0.4, 0.5) is 5.69 Å². The average molecular weight is 366 g/mol. The van der Waals surface area contributed by atoms with Gasteiger partial charge in [-0.3, -0.25) is 14.4 Å². The number of rotatable bonds is 5. The van der Waals surface area contributed by atoms with Gasteiger partial charge in [-0.2, -0.15) is 0 Å². The van der Waals surface area contributed by atoms with Gasteiger partial charge in [0.1, 0.15) is 5.75 Å². The van der Waals surface area contributed by atoms with Crippen molar-refractivity contribution in [2.45, 2.75) is 26.2 Å². The zero-order valence-corrected chi connectivity index (χ0v) is 15.5. The summed E-state index contributed by atoms with van der Waals surface area (Å²) in [6.07, 6.45) is 1.57. The molecule has 1 aliphatic heterocycles. The van der Waals surface area contributed by atoms with E-state index in [-0.39, 0.29) is 18.1 Å². The first-order valence-corrected chi connectivity index (χ1v) is 8.82. The number of carbonyl (C=O) groups is 3. The molecule has 0 aromatic heterocycles. The lowest BCUT2D eigenvalue weighted by atomic mass is 9.95. The Kier molecular flexibility index (Phi) is 5.26. The van der Waals surface area contributed by atoms with Gasteiger partial charge >= 0.3 is 0 Å². The summed E-state index contributed by atoms with van der Waals surface area (Å²) in [4.78, 5) is 38.1. The van der Waals surface area contributed by atoms with Crippen molar-refractivity contribution in [3.63, 3.8) is 0 Å². The van der Waals surface area contributed by atoms with Crippen LogP contribution in [0, 0.1) is 0 Å². The standard InChI is InChI=1S/C21H22N2O4/c1-13(24)14-8-9-19(27-2)15(11-14)12-20(25)23-10-4-6-16-17(21(22)26)5-3-7-18(16)23/h3,5,7-9,11H,4,6,10,12H2,1-2H3,(H2,22,26).